The minimum absolute atomic E-state index is 0.0188. The average Bonchev–Trinajstić information content (AvgIpc) is 2.55. The Kier molecular flexibility index (Phi) is 6.36. The molecular weight excluding hydrogens is 318 g/mol. The Labute approximate surface area is 140 Å². The second-order valence-electron chi connectivity index (χ2n) is 6.12. The second kappa shape index (κ2) is 8.28. The maximum atomic E-state index is 13.1. The summed E-state index contributed by atoms with van der Waals surface area (Å²) >= 11 is 0. The lowest BCUT2D eigenvalue weighted by Gasteiger charge is -2.33. The van der Waals surface area contributed by atoms with E-state index in [-0.39, 0.29) is 11.9 Å². The summed E-state index contributed by atoms with van der Waals surface area (Å²) in [6.07, 6.45) is -0.185. The zero-order valence-electron chi connectivity index (χ0n) is 13.8. The van der Waals surface area contributed by atoms with Gasteiger partial charge in [-0.1, -0.05) is 13.0 Å². The van der Waals surface area contributed by atoms with Crippen LogP contribution < -0.4 is 5.32 Å². The molecule has 3 N–H and O–H groups in total. The summed E-state index contributed by atoms with van der Waals surface area (Å²) in [6, 6.07) is 2.75. The van der Waals surface area contributed by atoms with Gasteiger partial charge in [0, 0.05) is 25.6 Å². The molecule has 1 heterocycles. The van der Waals surface area contributed by atoms with E-state index in [1.54, 1.807) is 6.92 Å². The van der Waals surface area contributed by atoms with Gasteiger partial charge in [-0.2, -0.15) is 0 Å². The highest BCUT2D eigenvalue weighted by molar-refractivity contribution is 5.75. The van der Waals surface area contributed by atoms with Crippen molar-refractivity contribution in [3.63, 3.8) is 0 Å². The molecule has 1 atom stereocenters. The number of alkyl halides is 2. The quantitative estimate of drug-likeness (QED) is 0.695. The number of halogens is 2. The first kappa shape index (κ1) is 18.4. The zero-order chi connectivity index (χ0) is 17.7. The van der Waals surface area contributed by atoms with Gasteiger partial charge in [0.25, 0.3) is 6.43 Å². The summed E-state index contributed by atoms with van der Waals surface area (Å²) in [5, 5.41) is 22.0. The number of hydrogen-bond donors (Lipinski definition) is 3. The molecule has 5 nitrogen and oxygen atoms in total. The number of rotatable bonds is 6. The van der Waals surface area contributed by atoms with Crippen LogP contribution in [0.5, 0.6) is 11.5 Å². The smallest absolute Gasteiger partial charge is 0.267 e. The van der Waals surface area contributed by atoms with Crippen molar-refractivity contribution in [2.45, 2.75) is 45.1 Å². The molecule has 1 saturated heterocycles. The molecule has 7 heteroatoms. The molecule has 0 aromatic heterocycles. The minimum atomic E-state index is -2.84. The summed E-state index contributed by atoms with van der Waals surface area (Å²) < 4.78 is 26.3. The molecule has 1 aromatic rings. The number of piperidine rings is 1. The van der Waals surface area contributed by atoms with Gasteiger partial charge in [-0.05, 0) is 37.4 Å². The average molecular weight is 342 g/mol. The molecule has 0 spiro atoms. The van der Waals surface area contributed by atoms with Crippen molar-refractivity contribution in [1.82, 2.24) is 10.2 Å². The Balaban J connectivity index is 1.98. The largest absolute Gasteiger partial charge is 0.504 e. The fourth-order valence-electron chi connectivity index (χ4n) is 3.08. The lowest BCUT2D eigenvalue weighted by molar-refractivity contribution is -0.121. The summed E-state index contributed by atoms with van der Waals surface area (Å²) in [5.74, 6) is -1.26. The maximum Gasteiger partial charge on any atom is 0.267 e. The maximum absolute atomic E-state index is 13.1. The standard InChI is InChI=1S/C17H24F2N2O3/c1-2-14(23)20-12-4-3-8-21(10-12)9-7-11-5-6-13(22)16(24)15(11)17(18)19/h5-6,12,17,22,24H,2-4,7-10H2,1H3,(H,20,23)/t12-/m0/s1. The number of amides is 1. The van der Waals surface area contributed by atoms with Crippen LogP contribution in [0.15, 0.2) is 12.1 Å². The number of likely N-dealkylation sites (tertiary alicyclic amines) is 1. The van der Waals surface area contributed by atoms with E-state index in [4.69, 9.17) is 0 Å². The van der Waals surface area contributed by atoms with Gasteiger partial charge in [0.1, 0.15) is 0 Å². The number of aromatic hydroxyl groups is 2. The van der Waals surface area contributed by atoms with Crippen LogP contribution in [0.4, 0.5) is 8.78 Å². The summed E-state index contributed by atoms with van der Waals surface area (Å²) in [6.45, 7) is 3.91. The monoisotopic (exact) mass is 342 g/mol. The van der Waals surface area contributed by atoms with Crippen LogP contribution in [-0.2, 0) is 11.2 Å². The molecule has 1 aliphatic heterocycles. The van der Waals surface area contributed by atoms with Gasteiger partial charge < -0.3 is 20.4 Å². The molecule has 1 fully saturated rings. The zero-order valence-corrected chi connectivity index (χ0v) is 13.8. The lowest BCUT2D eigenvalue weighted by Crippen LogP contribution is -2.48. The number of benzene rings is 1. The predicted octanol–water partition coefficient (Wildman–Crippen LogP) is 2.57. The topological polar surface area (TPSA) is 72.8 Å². The molecule has 0 radical (unpaired) electrons. The highest BCUT2D eigenvalue weighted by atomic mass is 19.3. The lowest BCUT2D eigenvalue weighted by atomic mass is 10.0. The van der Waals surface area contributed by atoms with Gasteiger partial charge in [-0.25, -0.2) is 8.78 Å². The van der Waals surface area contributed by atoms with Gasteiger partial charge in [-0.3, -0.25) is 4.79 Å². The number of carbonyl (C=O) groups excluding carboxylic acids is 1. The third-order valence-corrected chi connectivity index (χ3v) is 4.39. The van der Waals surface area contributed by atoms with E-state index in [2.05, 4.69) is 10.2 Å². The van der Waals surface area contributed by atoms with Gasteiger partial charge >= 0.3 is 0 Å². The molecule has 1 aliphatic rings. The molecule has 134 valence electrons. The van der Waals surface area contributed by atoms with Crippen molar-refractivity contribution in [3.8, 4) is 11.5 Å². The molecular formula is C17H24F2N2O3. The summed E-state index contributed by atoms with van der Waals surface area (Å²) in [4.78, 5) is 13.6. The first-order valence-electron chi connectivity index (χ1n) is 8.26. The van der Waals surface area contributed by atoms with E-state index in [1.165, 1.54) is 12.1 Å². The normalized spacial score (nSPS) is 18.8. The Bertz CT molecular complexity index is 581. The Morgan fingerprint density at radius 1 is 1.42 bits per heavy atom. The number of phenolic OH excluding ortho intramolecular Hbond substituents is 2. The third kappa shape index (κ3) is 4.56. The Morgan fingerprint density at radius 2 is 2.17 bits per heavy atom. The van der Waals surface area contributed by atoms with E-state index in [0.717, 1.165) is 19.4 Å². The van der Waals surface area contributed by atoms with E-state index >= 15 is 0 Å². The van der Waals surface area contributed by atoms with Crippen LogP contribution in [0.1, 0.15) is 43.7 Å². The van der Waals surface area contributed by atoms with Crippen LogP contribution in [0.25, 0.3) is 0 Å². The molecule has 0 bridgehead atoms. The van der Waals surface area contributed by atoms with Gasteiger partial charge in [0.05, 0.1) is 5.56 Å². The van der Waals surface area contributed by atoms with Crippen molar-refractivity contribution in [1.29, 1.82) is 0 Å². The Hall–Kier alpha value is -1.89. The van der Waals surface area contributed by atoms with Crippen LogP contribution in [0, 0.1) is 0 Å². The molecule has 0 unspecified atom stereocenters. The third-order valence-electron chi connectivity index (χ3n) is 4.39. The fourth-order valence-corrected chi connectivity index (χ4v) is 3.08. The van der Waals surface area contributed by atoms with Crippen molar-refractivity contribution in [2.75, 3.05) is 19.6 Å². The molecule has 1 aromatic carbocycles. The molecule has 0 aliphatic carbocycles. The molecule has 24 heavy (non-hydrogen) atoms. The van der Waals surface area contributed by atoms with Crippen LogP contribution in [0.2, 0.25) is 0 Å². The van der Waals surface area contributed by atoms with Crippen molar-refractivity contribution >= 4 is 5.91 Å². The van der Waals surface area contributed by atoms with E-state index in [9.17, 15) is 23.8 Å². The van der Waals surface area contributed by atoms with Crippen LogP contribution in [-0.4, -0.2) is 46.7 Å². The van der Waals surface area contributed by atoms with Crippen LogP contribution in [0.3, 0.4) is 0 Å². The highest BCUT2D eigenvalue weighted by Crippen LogP contribution is 2.38. The van der Waals surface area contributed by atoms with Gasteiger partial charge in [-0.15, -0.1) is 0 Å². The van der Waals surface area contributed by atoms with E-state index in [0.29, 0.717) is 31.5 Å². The van der Waals surface area contributed by atoms with E-state index in [1.807, 2.05) is 0 Å². The van der Waals surface area contributed by atoms with Crippen LogP contribution >= 0.6 is 0 Å². The van der Waals surface area contributed by atoms with Crippen molar-refractivity contribution < 1.29 is 23.8 Å². The molecule has 0 saturated carbocycles. The van der Waals surface area contributed by atoms with E-state index < -0.39 is 23.5 Å². The second-order valence-corrected chi connectivity index (χ2v) is 6.12. The SMILES string of the molecule is CCC(=O)N[C@H]1CCCN(CCc2ccc(O)c(O)c2C(F)F)C1. The molecule has 2 rings (SSSR count). The summed E-state index contributed by atoms with van der Waals surface area (Å²) in [7, 11) is 0. The number of phenols is 2. The predicted molar refractivity (Wildman–Crippen MR) is 86.3 cm³/mol. The number of carbonyl (C=O) groups is 1. The fraction of sp³-hybridized carbons (Fsp3) is 0.588. The number of nitrogens with zero attached hydrogens (tertiary/aromatic N) is 1. The van der Waals surface area contributed by atoms with Gasteiger partial charge in [0.15, 0.2) is 11.5 Å². The summed E-state index contributed by atoms with van der Waals surface area (Å²) in [5.41, 5.74) is -0.164. The van der Waals surface area contributed by atoms with Crippen molar-refractivity contribution in [2.24, 2.45) is 0 Å². The molecule has 1 amide bonds. The highest BCUT2D eigenvalue weighted by Gasteiger charge is 2.23. The Morgan fingerprint density at radius 3 is 2.83 bits per heavy atom. The first-order valence-corrected chi connectivity index (χ1v) is 8.26. The number of nitrogens with one attached hydrogen (secondary N) is 1. The number of hydrogen-bond acceptors (Lipinski definition) is 4. The van der Waals surface area contributed by atoms with Crippen molar-refractivity contribution in [3.05, 3.63) is 23.3 Å². The first-order chi connectivity index (χ1) is 11.4. The minimum Gasteiger partial charge on any atom is -0.504 e. The van der Waals surface area contributed by atoms with Gasteiger partial charge in [0.2, 0.25) is 5.91 Å².